The molecule has 0 aromatic heterocycles. The first-order valence-electron chi connectivity index (χ1n) is 3.40. The van der Waals surface area contributed by atoms with Crippen molar-refractivity contribution in [3.8, 4) is 0 Å². The van der Waals surface area contributed by atoms with Crippen molar-refractivity contribution in [1.82, 2.24) is 4.90 Å². The second-order valence-electron chi connectivity index (χ2n) is 2.44. The molecular weight excluding hydrogens is 220 g/mol. The number of alkyl halides is 1. The van der Waals surface area contributed by atoms with Gasteiger partial charge >= 0.3 is 13.6 Å². The molecule has 0 fully saturated rings. The topological polar surface area (TPSA) is 98.1 Å². The van der Waals surface area contributed by atoms with E-state index in [1.165, 1.54) is 0 Å². The summed E-state index contributed by atoms with van der Waals surface area (Å²) in [5, 5.41) is 8.37. The molecule has 0 atom stereocenters. The van der Waals surface area contributed by atoms with E-state index >= 15 is 0 Å². The summed E-state index contributed by atoms with van der Waals surface area (Å²) in [6.07, 6.45) is -0.577. The SMILES string of the molecule is O=C(O)CN(CCCl)CP(=O)(O)O. The van der Waals surface area contributed by atoms with Crippen molar-refractivity contribution in [1.29, 1.82) is 0 Å². The monoisotopic (exact) mass is 231 g/mol. The Morgan fingerprint density at radius 2 is 2.00 bits per heavy atom. The molecule has 0 saturated heterocycles. The van der Waals surface area contributed by atoms with Gasteiger partial charge in [0.25, 0.3) is 0 Å². The maximum absolute atomic E-state index is 10.5. The molecule has 0 bridgehead atoms. The largest absolute Gasteiger partial charge is 0.480 e. The van der Waals surface area contributed by atoms with E-state index in [9.17, 15) is 9.36 Å². The zero-order chi connectivity index (χ0) is 10.5. The molecule has 0 saturated carbocycles. The summed E-state index contributed by atoms with van der Waals surface area (Å²) in [4.78, 5) is 28.4. The van der Waals surface area contributed by atoms with Crippen molar-refractivity contribution >= 4 is 25.2 Å². The van der Waals surface area contributed by atoms with E-state index in [0.717, 1.165) is 4.90 Å². The van der Waals surface area contributed by atoms with Crippen LogP contribution in [0.5, 0.6) is 0 Å². The van der Waals surface area contributed by atoms with Crippen molar-refractivity contribution in [2.75, 3.05) is 25.3 Å². The van der Waals surface area contributed by atoms with Crippen LogP contribution in [0.25, 0.3) is 0 Å². The Labute approximate surface area is 80.3 Å². The van der Waals surface area contributed by atoms with Crippen LogP contribution in [0.3, 0.4) is 0 Å². The Balaban J connectivity index is 4.09. The second kappa shape index (κ2) is 5.57. The molecule has 13 heavy (non-hydrogen) atoms. The van der Waals surface area contributed by atoms with Crippen molar-refractivity contribution in [3.63, 3.8) is 0 Å². The highest BCUT2D eigenvalue weighted by Gasteiger charge is 2.20. The summed E-state index contributed by atoms with van der Waals surface area (Å²) in [6.45, 7) is -0.281. The standard InChI is InChI=1S/C5H11ClNO5P/c6-1-2-7(3-5(8)9)4-13(10,11)12/h1-4H2,(H,8,9)(H2,10,11,12). The quantitative estimate of drug-likeness (QED) is 0.431. The first kappa shape index (κ1) is 12.9. The molecular formula is C5H11ClNO5P. The molecule has 0 heterocycles. The van der Waals surface area contributed by atoms with Crippen LogP contribution in [0.4, 0.5) is 0 Å². The van der Waals surface area contributed by atoms with Gasteiger partial charge in [0.05, 0.1) is 6.54 Å². The summed E-state index contributed by atoms with van der Waals surface area (Å²) in [5.74, 6) is -1.01. The highest BCUT2D eigenvalue weighted by atomic mass is 35.5. The molecule has 8 heteroatoms. The number of hydrogen-bond donors (Lipinski definition) is 3. The fourth-order valence-corrected chi connectivity index (χ4v) is 1.77. The molecule has 6 nitrogen and oxygen atoms in total. The van der Waals surface area contributed by atoms with Gasteiger partial charge in [-0.25, -0.2) is 0 Å². The van der Waals surface area contributed by atoms with E-state index in [1.54, 1.807) is 0 Å². The Hall–Kier alpha value is -0.130. The minimum absolute atomic E-state index is 0.132. The van der Waals surface area contributed by atoms with E-state index in [0.29, 0.717) is 0 Å². The number of rotatable bonds is 6. The minimum atomic E-state index is -4.20. The molecule has 3 N–H and O–H groups in total. The highest BCUT2D eigenvalue weighted by Crippen LogP contribution is 2.34. The van der Waals surface area contributed by atoms with Crippen LogP contribution < -0.4 is 0 Å². The zero-order valence-corrected chi connectivity index (χ0v) is 8.41. The maximum atomic E-state index is 10.5. The van der Waals surface area contributed by atoms with Crippen molar-refractivity contribution < 1.29 is 24.3 Å². The summed E-state index contributed by atoms with van der Waals surface area (Å²) >= 11 is 5.32. The summed E-state index contributed by atoms with van der Waals surface area (Å²) < 4.78 is 10.5. The lowest BCUT2D eigenvalue weighted by Gasteiger charge is -2.18. The lowest BCUT2D eigenvalue weighted by molar-refractivity contribution is -0.138. The summed E-state index contributed by atoms with van der Waals surface area (Å²) in [7, 11) is -4.20. The van der Waals surface area contributed by atoms with Crippen LogP contribution in [0.1, 0.15) is 0 Å². The fraction of sp³-hybridized carbons (Fsp3) is 0.800. The fourth-order valence-electron chi connectivity index (χ4n) is 0.771. The molecule has 0 amide bonds. The molecule has 0 aliphatic rings. The lowest BCUT2D eigenvalue weighted by atomic mass is 10.5. The van der Waals surface area contributed by atoms with Crippen LogP contribution >= 0.6 is 19.2 Å². The molecule has 0 aliphatic carbocycles. The number of carbonyl (C=O) groups is 1. The van der Waals surface area contributed by atoms with Crippen molar-refractivity contribution in [2.45, 2.75) is 0 Å². The molecule has 0 radical (unpaired) electrons. The Bertz CT molecular complexity index is 217. The molecule has 0 aromatic carbocycles. The first-order valence-corrected chi connectivity index (χ1v) is 5.73. The smallest absolute Gasteiger partial charge is 0.339 e. The average molecular weight is 232 g/mol. The number of aliphatic carboxylic acids is 1. The van der Waals surface area contributed by atoms with Gasteiger partial charge < -0.3 is 14.9 Å². The Kier molecular flexibility index (Phi) is 5.51. The van der Waals surface area contributed by atoms with Gasteiger partial charge in [-0.3, -0.25) is 14.3 Å². The summed E-state index contributed by atoms with van der Waals surface area (Å²) in [5.41, 5.74) is 0. The predicted octanol–water partition coefficient (Wildman–Crippen LogP) is -0.253. The highest BCUT2D eigenvalue weighted by molar-refractivity contribution is 7.51. The van der Waals surface area contributed by atoms with Crippen molar-refractivity contribution in [3.05, 3.63) is 0 Å². The van der Waals surface area contributed by atoms with Gasteiger partial charge in [0.2, 0.25) is 0 Å². The normalized spacial score (nSPS) is 12.0. The van der Waals surface area contributed by atoms with Gasteiger partial charge in [-0.15, -0.1) is 11.6 Å². The van der Waals surface area contributed by atoms with Crippen LogP contribution in [-0.2, 0) is 9.36 Å². The Morgan fingerprint density at radius 1 is 1.46 bits per heavy atom. The predicted molar refractivity (Wildman–Crippen MR) is 46.8 cm³/mol. The number of carboxylic acid groups (broad SMARTS) is 1. The number of carboxylic acids is 1. The van der Waals surface area contributed by atoms with E-state index in [1.807, 2.05) is 0 Å². The van der Waals surface area contributed by atoms with Crippen molar-refractivity contribution in [2.24, 2.45) is 0 Å². The molecule has 78 valence electrons. The number of hydrogen-bond acceptors (Lipinski definition) is 3. The van der Waals surface area contributed by atoms with E-state index in [-0.39, 0.29) is 12.4 Å². The second-order valence-corrected chi connectivity index (χ2v) is 4.43. The molecule has 0 spiro atoms. The van der Waals surface area contributed by atoms with Gasteiger partial charge in [-0.1, -0.05) is 0 Å². The van der Waals surface area contributed by atoms with Crippen LogP contribution in [0.2, 0.25) is 0 Å². The number of halogens is 1. The van der Waals surface area contributed by atoms with Gasteiger partial charge in [0, 0.05) is 12.4 Å². The Morgan fingerprint density at radius 3 is 2.31 bits per heavy atom. The van der Waals surface area contributed by atoms with Gasteiger partial charge in [-0.2, -0.15) is 0 Å². The van der Waals surface area contributed by atoms with E-state index in [4.69, 9.17) is 26.5 Å². The molecule has 0 rings (SSSR count). The first-order chi connectivity index (χ1) is 5.85. The third-order valence-corrected chi connectivity index (χ3v) is 2.08. The van der Waals surface area contributed by atoms with E-state index in [2.05, 4.69) is 0 Å². The number of nitrogens with zero attached hydrogens (tertiary/aromatic N) is 1. The van der Waals surface area contributed by atoms with Gasteiger partial charge in [0.1, 0.15) is 6.29 Å². The molecule has 0 unspecified atom stereocenters. The zero-order valence-electron chi connectivity index (χ0n) is 6.76. The third kappa shape index (κ3) is 8.21. The van der Waals surface area contributed by atoms with Gasteiger partial charge in [-0.05, 0) is 0 Å². The molecule has 0 aliphatic heterocycles. The summed E-state index contributed by atoms with van der Waals surface area (Å²) in [6, 6.07) is 0. The third-order valence-electron chi connectivity index (χ3n) is 1.14. The van der Waals surface area contributed by atoms with Gasteiger partial charge in [0.15, 0.2) is 0 Å². The lowest BCUT2D eigenvalue weighted by Crippen LogP contribution is -2.32. The van der Waals surface area contributed by atoms with Crippen LogP contribution in [-0.4, -0.2) is 51.0 Å². The van der Waals surface area contributed by atoms with E-state index < -0.39 is 26.4 Å². The van der Waals surface area contributed by atoms with Crippen LogP contribution in [0.15, 0.2) is 0 Å². The maximum Gasteiger partial charge on any atom is 0.339 e. The average Bonchev–Trinajstić information content (AvgIpc) is 1.81. The molecule has 0 aromatic rings. The minimum Gasteiger partial charge on any atom is -0.480 e. The van der Waals surface area contributed by atoms with Crippen LogP contribution in [0, 0.1) is 0 Å².